The van der Waals surface area contributed by atoms with E-state index < -0.39 is 0 Å². The number of thioether (sulfide) groups is 1. The second kappa shape index (κ2) is 6.12. The number of rotatable bonds is 6. The van der Waals surface area contributed by atoms with Gasteiger partial charge in [0.05, 0.1) is 5.03 Å². The number of H-pyrrole nitrogens is 1. The molecule has 1 atom stereocenters. The normalized spacial score (nSPS) is 13.1. The fraction of sp³-hybridized carbons (Fsp3) is 0.429. The molecule has 3 heteroatoms. The smallest absolute Gasteiger partial charge is 0.0732 e. The number of hydrogen-bond acceptors (Lipinski definition) is 2. The van der Waals surface area contributed by atoms with Crippen molar-refractivity contribution in [1.29, 1.82) is 0 Å². The van der Waals surface area contributed by atoms with Crippen LogP contribution in [0.2, 0.25) is 0 Å². The molecule has 1 unspecified atom stereocenters. The monoisotopic (exact) mass is 248 g/mol. The largest absolute Gasteiger partial charge is 0.350 e. The molecule has 2 N–H and O–H groups in total. The van der Waals surface area contributed by atoms with E-state index in [0.29, 0.717) is 5.92 Å². The fourth-order valence-electron chi connectivity index (χ4n) is 1.81. The van der Waals surface area contributed by atoms with E-state index in [1.807, 2.05) is 11.8 Å². The van der Waals surface area contributed by atoms with Crippen LogP contribution in [0.25, 0.3) is 10.9 Å². The van der Waals surface area contributed by atoms with Gasteiger partial charge in [-0.15, -0.1) is 11.8 Å². The highest BCUT2D eigenvalue weighted by atomic mass is 32.2. The Morgan fingerprint density at radius 1 is 1.35 bits per heavy atom. The Morgan fingerprint density at radius 2 is 2.18 bits per heavy atom. The maximum atomic E-state index is 3.45. The molecule has 92 valence electrons. The summed E-state index contributed by atoms with van der Waals surface area (Å²) < 4.78 is 0. The Balaban J connectivity index is 1.90. The summed E-state index contributed by atoms with van der Waals surface area (Å²) in [6.45, 7) is 6.60. The first kappa shape index (κ1) is 12.5. The fourth-order valence-corrected chi connectivity index (χ4v) is 2.78. The van der Waals surface area contributed by atoms with E-state index in [9.17, 15) is 0 Å². The molecule has 0 saturated carbocycles. The number of aromatic amines is 1. The van der Waals surface area contributed by atoms with Crippen LogP contribution in [0.4, 0.5) is 0 Å². The molecule has 17 heavy (non-hydrogen) atoms. The number of nitrogens with one attached hydrogen (secondary N) is 2. The maximum absolute atomic E-state index is 3.45. The molecule has 0 radical (unpaired) electrons. The lowest BCUT2D eigenvalue weighted by atomic mass is 10.2. The maximum Gasteiger partial charge on any atom is 0.0732 e. The summed E-state index contributed by atoms with van der Waals surface area (Å²) in [6.07, 6.45) is 0. The second-order valence-electron chi connectivity index (χ2n) is 4.44. The number of para-hydroxylation sites is 1. The minimum atomic E-state index is 0.700. The van der Waals surface area contributed by atoms with E-state index in [1.165, 1.54) is 15.9 Å². The summed E-state index contributed by atoms with van der Waals surface area (Å²) >= 11 is 1.91. The van der Waals surface area contributed by atoms with E-state index in [4.69, 9.17) is 0 Å². The molecule has 0 fully saturated rings. The third-order valence-electron chi connectivity index (χ3n) is 2.77. The standard InChI is InChI=1S/C14H20N2S/c1-3-15-9-11(2)10-17-14-8-12-6-4-5-7-13(12)16-14/h4-8,11,15-16H,3,9-10H2,1-2H3. The average molecular weight is 248 g/mol. The summed E-state index contributed by atoms with van der Waals surface area (Å²) in [6, 6.07) is 10.7. The Morgan fingerprint density at radius 3 is 2.94 bits per heavy atom. The van der Waals surface area contributed by atoms with Gasteiger partial charge in [-0.2, -0.15) is 0 Å². The van der Waals surface area contributed by atoms with Crippen molar-refractivity contribution >= 4 is 22.7 Å². The van der Waals surface area contributed by atoms with Gasteiger partial charge in [-0.05, 0) is 31.1 Å². The molecule has 1 heterocycles. The van der Waals surface area contributed by atoms with E-state index in [1.54, 1.807) is 0 Å². The van der Waals surface area contributed by atoms with Gasteiger partial charge in [0.1, 0.15) is 0 Å². The summed E-state index contributed by atoms with van der Waals surface area (Å²) in [5, 5.41) is 5.96. The highest BCUT2D eigenvalue weighted by Gasteiger charge is 2.04. The zero-order chi connectivity index (χ0) is 12.1. The van der Waals surface area contributed by atoms with Crippen molar-refractivity contribution in [3.8, 4) is 0 Å². The summed E-state index contributed by atoms with van der Waals surface area (Å²) in [5.74, 6) is 1.85. The SMILES string of the molecule is CCNCC(C)CSc1cc2ccccc2[nH]1. The van der Waals surface area contributed by atoms with Crippen LogP contribution < -0.4 is 5.32 Å². The average Bonchev–Trinajstić information content (AvgIpc) is 2.76. The highest BCUT2D eigenvalue weighted by molar-refractivity contribution is 7.99. The van der Waals surface area contributed by atoms with Crippen molar-refractivity contribution in [1.82, 2.24) is 10.3 Å². The molecule has 2 nitrogen and oxygen atoms in total. The van der Waals surface area contributed by atoms with Gasteiger partial charge in [0.15, 0.2) is 0 Å². The molecular formula is C14H20N2S. The first-order valence-electron chi connectivity index (χ1n) is 6.21. The minimum Gasteiger partial charge on any atom is -0.350 e. The molecule has 0 aliphatic rings. The zero-order valence-electron chi connectivity index (χ0n) is 10.5. The van der Waals surface area contributed by atoms with Gasteiger partial charge in [0.25, 0.3) is 0 Å². The molecule has 0 amide bonds. The van der Waals surface area contributed by atoms with Gasteiger partial charge < -0.3 is 10.3 Å². The van der Waals surface area contributed by atoms with Gasteiger partial charge in [-0.3, -0.25) is 0 Å². The minimum absolute atomic E-state index is 0.700. The van der Waals surface area contributed by atoms with Crippen molar-refractivity contribution in [3.05, 3.63) is 30.3 Å². The van der Waals surface area contributed by atoms with Gasteiger partial charge in [0.2, 0.25) is 0 Å². The summed E-state index contributed by atoms with van der Waals surface area (Å²) in [5.41, 5.74) is 1.23. The van der Waals surface area contributed by atoms with Crippen molar-refractivity contribution in [3.63, 3.8) is 0 Å². The van der Waals surface area contributed by atoms with Gasteiger partial charge >= 0.3 is 0 Å². The van der Waals surface area contributed by atoms with E-state index in [2.05, 4.69) is 54.5 Å². The topological polar surface area (TPSA) is 27.8 Å². The van der Waals surface area contributed by atoms with Crippen LogP contribution >= 0.6 is 11.8 Å². The molecule has 0 saturated heterocycles. The molecule has 0 spiro atoms. The van der Waals surface area contributed by atoms with Crippen molar-refractivity contribution in [2.45, 2.75) is 18.9 Å². The van der Waals surface area contributed by atoms with E-state index >= 15 is 0 Å². The Bertz CT molecular complexity index is 431. The van der Waals surface area contributed by atoms with Crippen LogP contribution in [0, 0.1) is 5.92 Å². The Hall–Kier alpha value is -0.930. The van der Waals surface area contributed by atoms with Gasteiger partial charge in [-0.25, -0.2) is 0 Å². The first-order chi connectivity index (χ1) is 8.29. The summed E-state index contributed by atoms with van der Waals surface area (Å²) in [4.78, 5) is 3.45. The molecule has 1 aromatic carbocycles. The van der Waals surface area contributed by atoms with Gasteiger partial charge in [-0.1, -0.05) is 32.0 Å². The highest BCUT2D eigenvalue weighted by Crippen LogP contribution is 2.24. The quantitative estimate of drug-likeness (QED) is 0.766. The lowest BCUT2D eigenvalue weighted by Crippen LogP contribution is -2.21. The van der Waals surface area contributed by atoms with Crippen molar-refractivity contribution in [2.24, 2.45) is 5.92 Å². The van der Waals surface area contributed by atoms with Crippen LogP contribution in [0.15, 0.2) is 35.4 Å². The predicted molar refractivity (Wildman–Crippen MR) is 76.7 cm³/mol. The number of aromatic nitrogens is 1. The Labute approximate surface area is 107 Å². The van der Waals surface area contributed by atoms with Crippen LogP contribution in [-0.2, 0) is 0 Å². The van der Waals surface area contributed by atoms with E-state index in [0.717, 1.165) is 18.8 Å². The number of hydrogen-bond donors (Lipinski definition) is 2. The van der Waals surface area contributed by atoms with Crippen molar-refractivity contribution in [2.75, 3.05) is 18.8 Å². The van der Waals surface area contributed by atoms with Crippen LogP contribution in [-0.4, -0.2) is 23.8 Å². The molecule has 2 rings (SSSR count). The van der Waals surface area contributed by atoms with Gasteiger partial charge in [0, 0.05) is 16.7 Å². The lowest BCUT2D eigenvalue weighted by Gasteiger charge is -2.10. The molecule has 0 aliphatic carbocycles. The number of fused-ring (bicyclic) bond motifs is 1. The zero-order valence-corrected chi connectivity index (χ0v) is 11.3. The van der Waals surface area contributed by atoms with Crippen LogP contribution in [0.5, 0.6) is 0 Å². The molecule has 0 bridgehead atoms. The third kappa shape index (κ3) is 3.51. The van der Waals surface area contributed by atoms with Crippen LogP contribution in [0.3, 0.4) is 0 Å². The predicted octanol–water partition coefficient (Wildman–Crippen LogP) is 3.51. The third-order valence-corrected chi connectivity index (χ3v) is 4.04. The van der Waals surface area contributed by atoms with Crippen LogP contribution in [0.1, 0.15) is 13.8 Å². The molecule has 2 aromatic rings. The van der Waals surface area contributed by atoms with E-state index in [-0.39, 0.29) is 0 Å². The Kier molecular flexibility index (Phi) is 4.51. The first-order valence-corrected chi connectivity index (χ1v) is 7.19. The second-order valence-corrected chi connectivity index (χ2v) is 5.51. The summed E-state index contributed by atoms with van der Waals surface area (Å²) in [7, 11) is 0. The molecular weight excluding hydrogens is 228 g/mol. The molecule has 0 aliphatic heterocycles. The lowest BCUT2D eigenvalue weighted by molar-refractivity contribution is 0.573. The van der Waals surface area contributed by atoms with Crippen molar-refractivity contribution < 1.29 is 0 Å². The molecule has 1 aromatic heterocycles. The number of benzene rings is 1.